The SMILES string of the molecule is CCCNCc1csc(Br)n1. The van der Waals surface area contributed by atoms with E-state index in [9.17, 15) is 0 Å². The van der Waals surface area contributed by atoms with E-state index in [4.69, 9.17) is 0 Å². The quantitative estimate of drug-likeness (QED) is 0.810. The fourth-order valence-corrected chi connectivity index (χ4v) is 1.80. The van der Waals surface area contributed by atoms with Gasteiger partial charge in [0.2, 0.25) is 0 Å². The maximum atomic E-state index is 4.26. The molecule has 0 bridgehead atoms. The summed E-state index contributed by atoms with van der Waals surface area (Å²) in [6.07, 6.45) is 1.17. The lowest BCUT2D eigenvalue weighted by molar-refractivity contribution is 0.666. The van der Waals surface area contributed by atoms with Crippen molar-refractivity contribution in [3.05, 3.63) is 15.0 Å². The summed E-state index contributed by atoms with van der Waals surface area (Å²) in [4.78, 5) is 4.26. The van der Waals surface area contributed by atoms with Gasteiger partial charge in [-0.25, -0.2) is 4.98 Å². The second kappa shape index (κ2) is 4.85. The summed E-state index contributed by atoms with van der Waals surface area (Å²) in [5.74, 6) is 0. The van der Waals surface area contributed by atoms with Gasteiger partial charge in [-0.1, -0.05) is 6.92 Å². The monoisotopic (exact) mass is 234 g/mol. The first-order chi connectivity index (χ1) is 5.33. The molecule has 0 aromatic carbocycles. The molecule has 0 saturated carbocycles. The molecule has 62 valence electrons. The number of aromatic nitrogens is 1. The largest absolute Gasteiger partial charge is 0.311 e. The van der Waals surface area contributed by atoms with E-state index in [1.807, 2.05) is 0 Å². The number of halogens is 1. The number of hydrogen-bond acceptors (Lipinski definition) is 3. The Kier molecular flexibility index (Phi) is 4.04. The number of rotatable bonds is 4. The molecule has 1 N–H and O–H groups in total. The molecule has 11 heavy (non-hydrogen) atoms. The van der Waals surface area contributed by atoms with Crippen LogP contribution in [-0.2, 0) is 6.54 Å². The average Bonchev–Trinajstić information content (AvgIpc) is 2.37. The molecule has 0 unspecified atom stereocenters. The van der Waals surface area contributed by atoms with E-state index in [2.05, 4.69) is 38.5 Å². The minimum atomic E-state index is 0.885. The molecule has 0 amide bonds. The molecule has 1 rings (SSSR count). The van der Waals surface area contributed by atoms with Crippen LogP contribution < -0.4 is 5.32 Å². The molecule has 0 fully saturated rings. The summed E-state index contributed by atoms with van der Waals surface area (Å²) >= 11 is 4.95. The van der Waals surface area contributed by atoms with Gasteiger partial charge in [0.15, 0.2) is 3.92 Å². The lowest BCUT2D eigenvalue weighted by Crippen LogP contribution is -2.13. The summed E-state index contributed by atoms with van der Waals surface area (Å²) in [6.45, 7) is 4.11. The van der Waals surface area contributed by atoms with Crippen molar-refractivity contribution < 1.29 is 0 Å². The molecule has 0 aliphatic carbocycles. The molecule has 0 aliphatic rings. The Bertz CT molecular complexity index is 212. The van der Waals surface area contributed by atoms with Gasteiger partial charge in [0.25, 0.3) is 0 Å². The van der Waals surface area contributed by atoms with Crippen molar-refractivity contribution in [3.63, 3.8) is 0 Å². The second-order valence-electron chi connectivity index (χ2n) is 2.27. The minimum Gasteiger partial charge on any atom is -0.311 e. The van der Waals surface area contributed by atoms with Gasteiger partial charge >= 0.3 is 0 Å². The zero-order valence-electron chi connectivity index (χ0n) is 6.43. The minimum absolute atomic E-state index is 0.885. The molecule has 4 heteroatoms. The van der Waals surface area contributed by atoms with Crippen LogP contribution in [0.3, 0.4) is 0 Å². The van der Waals surface area contributed by atoms with Gasteiger partial charge in [0.05, 0.1) is 5.69 Å². The Morgan fingerprint density at radius 1 is 1.73 bits per heavy atom. The number of nitrogens with one attached hydrogen (secondary N) is 1. The van der Waals surface area contributed by atoms with E-state index < -0.39 is 0 Å². The maximum Gasteiger partial charge on any atom is 0.159 e. The fourth-order valence-electron chi connectivity index (χ4n) is 0.757. The Labute approximate surface area is 79.2 Å². The highest BCUT2D eigenvalue weighted by Crippen LogP contribution is 2.15. The zero-order valence-corrected chi connectivity index (χ0v) is 8.83. The van der Waals surface area contributed by atoms with Crippen molar-refractivity contribution >= 4 is 27.3 Å². The highest BCUT2D eigenvalue weighted by molar-refractivity contribution is 9.11. The molecular formula is C7H11BrN2S. The third kappa shape index (κ3) is 3.31. The maximum absolute atomic E-state index is 4.26. The van der Waals surface area contributed by atoms with Crippen LogP contribution in [0.1, 0.15) is 19.0 Å². The van der Waals surface area contributed by atoms with Crippen molar-refractivity contribution in [1.82, 2.24) is 10.3 Å². The van der Waals surface area contributed by atoms with E-state index in [1.165, 1.54) is 6.42 Å². The van der Waals surface area contributed by atoms with Crippen molar-refractivity contribution in [1.29, 1.82) is 0 Å². The lowest BCUT2D eigenvalue weighted by atomic mass is 10.4. The van der Waals surface area contributed by atoms with E-state index in [0.29, 0.717) is 0 Å². The van der Waals surface area contributed by atoms with Gasteiger partial charge in [-0.3, -0.25) is 0 Å². The number of hydrogen-bond donors (Lipinski definition) is 1. The number of nitrogens with zero attached hydrogens (tertiary/aromatic N) is 1. The molecule has 0 spiro atoms. The third-order valence-corrected chi connectivity index (χ3v) is 2.67. The predicted molar refractivity (Wildman–Crippen MR) is 51.8 cm³/mol. The van der Waals surface area contributed by atoms with E-state index in [-0.39, 0.29) is 0 Å². The van der Waals surface area contributed by atoms with Crippen molar-refractivity contribution in [3.8, 4) is 0 Å². The first-order valence-corrected chi connectivity index (χ1v) is 5.31. The van der Waals surface area contributed by atoms with Gasteiger partial charge < -0.3 is 5.32 Å². The highest BCUT2D eigenvalue weighted by atomic mass is 79.9. The molecule has 1 aromatic rings. The van der Waals surface area contributed by atoms with Gasteiger partial charge in [0, 0.05) is 11.9 Å². The zero-order chi connectivity index (χ0) is 8.10. The molecule has 0 atom stereocenters. The average molecular weight is 235 g/mol. The van der Waals surface area contributed by atoms with Gasteiger partial charge in [-0.05, 0) is 28.9 Å². The fraction of sp³-hybridized carbons (Fsp3) is 0.571. The molecule has 1 aromatic heterocycles. The standard InChI is InChI=1S/C7H11BrN2S/c1-2-3-9-4-6-5-11-7(8)10-6/h5,9H,2-4H2,1H3. The molecule has 0 saturated heterocycles. The Balaban J connectivity index is 2.27. The Hall–Kier alpha value is 0.0700. The molecule has 0 radical (unpaired) electrons. The van der Waals surface area contributed by atoms with E-state index in [1.54, 1.807) is 11.3 Å². The summed E-state index contributed by atoms with van der Waals surface area (Å²) in [5.41, 5.74) is 1.12. The first kappa shape index (κ1) is 9.16. The summed E-state index contributed by atoms with van der Waals surface area (Å²) < 4.78 is 0.964. The lowest BCUT2D eigenvalue weighted by Gasteiger charge is -1.97. The van der Waals surface area contributed by atoms with Gasteiger partial charge in [-0.2, -0.15) is 0 Å². The van der Waals surface area contributed by atoms with Crippen LogP contribution in [0.4, 0.5) is 0 Å². The highest BCUT2D eigenvalue weighted by Gasteiger charge is 1.96. The van der Waals surface area contributed by atoms with E-state index in [0.717, 1.165) is 22.7 Å². The number of thiazole rings is 1. The summed E-state index contributed by atoms with van der Waals surface area (Å²) in [5, 5.41) is 5.35. The topological polar surface area (TPSA) is 24.9 Å². The smallest absolute Gasteiger partial charge is 0.159 e. The van der Waals surface area contributed by atoms with Gasteiger partial charge in [-0.15, -0.1) is 11.3 Å². The third-order valence-electron chi connectivity index (χ3n) is 1.26. The van der Waals surface area contributed by atoms with Crippen LogP contribution in [0.2, 0.25) is 0 Å². The summed E-state index contributed by atoms with van der Waals surface area (Å²) in [7, 11) is 0. The second-order valence-corrected chi connectivity index (χ2v) is 4.40. The van der Waals surface area contributed by atoms with Crippen LogP contribution >= 0.6 is 27.3 Å². The first-order valence-electron chi connectivity index (χ1n) is 3.63. The normalized spacial score (nSPS) is 10.4. The van der Waals surface area contributed by atoms with Crippen molar-refractivity contribution in [2.75, 3.05) is 6.54 Å². The van der Waals surface area contributed by atoms with Crippen LogP contribution in [0.15, 0.2) is 9.30 Å². The Morgan fingerprint density at radius 2 is 2.55 bits per heavy atom. The molecule has 2 nitrogen and oxygen atoms in total. The Morgan fingerprint density at radius 3 is 3.09 bits per heavy atom. The summed E-state index contributed by atoms with van der Waals surface area (Å²) in [6, 6.07) is 0. The van der Waals surface area contributed by atoms with Crippen LogP contribution in [-0.4, -0.2) is 11.5 Å². The molecular weight excluding hydrogens is 224 g/mol. The van der Waals surface area contributed by atoms with Crippen LogP contribution in [0, 0.1) is 0 Å². The van der Waals surface area contributed by atoms with Crippen molar-refractivity contribution in [2.45, 2.75) is 19.9 Å². The van der Waals surface area contributed by atoms with Crippen LogP contribution in [0.5, 0.6) is 0 Å². The van der Waals surface area contributed by atoms with E-state index >= 15 is 0 Å². The van der Waals surface area contributed by atoms with Crippen LogP contribution in [0.25, 0.3) is 0 Å². The molecule has 1 heterocycles. The van der Waals surface area contributed by atoms with Crippen molar-refractivity contribution in [2.24, 2.45) is 0 Å². The van der Waals surface area contributed by atoms with Gasteiger partial charge in [0.1, 0.15) is 0 Å². The predicted octanol–water partition coefficient (Wildman–Crippen LogP) is 2.41. The molecule has 0 aliphatic heterocycles.